The Kier molecular flexibility index (Phi) is 5.40. The van der Waals surface area contributed by atoms with Gasteiger partial charge in [0.25, 0.3) is 0 Å². The first-order chi connectivity index (χ1) is 11.6. The van der Waals surface area contributed by atoms with Gasteiger partial charge in [0.1, 0.15) is 22.7 Å². The van der Waals surface area contributed by atoms with Gasteiger partial charge in [-0.25, -0.2) is 0 Å². The van der Waals surface area contributed by atoms with Gasteiger partial charge < -0.3 is 19.7 Å². The number of benzene rings is 2. The predicted molar refractivity (Wildman–Crippen MR) is 94.0 cm³/mol. The van der Waals surface area contributed by atoms with Crippen LogP contribution >= 0.6 is 0 Å². The van der Waals surface area contributed by atoms with Crippen molar-refractivity contribution in [1.29, 1.82) is 0 Å². The summed E-state index contributed by atoms with van der Waals surface area (Å²) in [5, 5.41) is 19.5. The molecule has 0 heterocycles. The zero-order chi connectivity index (χ0) is 18.7. The van der Waals surface area contributed by atoms with Crippen LogP contribution in [0.15, 0.2) is 48.5 Å². The standard InChI is InChI=1S/C20H22O5/c1-19(2,23)18(22)15-6-10-17(11-7-15)25-16-8-4-14(5-9-16)12-20(3,24)13-21/h4-11,13,23-24H,12H2,1-3H3. The molecular formula is C20H22O5. The third-order valence-corrected chi connectivity index (χ3v) is 3.65. The van der Waals surface area contributed by atoms with Crippen molar-refractivity contribution >= 4 is 12.1 Å². The summed E-state index contributed by atoms with van der Waals surface area (Å²) in [6.45, 7) is 4.35. The van der Waals surface area contributed by atoms with Crippen molar-refractivity contribution in [2.45, 2.75) is 38.4 Å². The molecule has 2 aromatic rings. The van der Waals surface area contributed by atoms with E-state index in [1.54, 1.807) is 48.5 Å². The lowest BCUT2D eigenvalue weighted by molar-refractivity contribution is -0.122. The van der Waals surface area contributed by atoms with Crippen molar-refractivity contribution in [2.24, 2.45) is 0 Å². The van der Waals surface area contributed by atoms with Gasteiger partial charge in [0.05, 0.1) is 0 Å². The molecule has 0 bridgehead atoms. The van der Waals surface area contributed by atoms with Crippen LogP contribution in [0, 0.1) is 0 Å². The average Bonchev–Trinajstić information content (AvgIpc) is 2.56. The second-order valence-corrected chi connectivity index (χ2v) is 6.81. The highest BCUT2D eigenvalue weighted by molar-refractivity contribution is 6.01. The molecular weight excluding hydrogens is 320 g/mol. The highest BCUT2D eigenvalue weighted by Gasteiger charge is 2.25. The Morgan fingerprint density at radius 2 is 1.44 bits per heavy atom. The maximum absolute atomic E-state index is 12.0. The monoisotopic (exact) mass is 342 g/mol. The van der Waals surface area contributed by atoms with E-state index in [4.69, 9.17) is 4.74 Å². The first-order valence-electron chi connectivity index (χ1n) is 7.93. The van der Waals surface area contributed by atoms with Gasteiger partial charge in [-0.05, 0) is 62.7 Å². The van der Waals surface area contributed by atoms with E-state index < -0.39 is 11.2 Å². The van der Waals surface area contributed by atoms with Gasteiger partial charge in [0.2, 0.25) is 0 Å². The Morgan fingerprint density at radius 3 is 1.88 bits per heavy atom. The molecule has 0 aromatic heterocycles. The van der Waals surface area contributed by atoms with Gasteiger partial charge in [0.15, 0.2) is 12.1 Å². The van der Waals surface area contributed by atoms with Gasteiger partial charge in [-0.2, -0.15) is 0 Å². The van der Waals surface area contributed by atoms with Crippen LogP contribution in [0.25, 0.3) is 0 Å². The van der Waals surface area contributed by atoms with Gasteiger partial charge in [-0.15, -0.1) is 0 Å². The Labute approximate surface area is 146 Å². The summed E-state index contributed by atoms with van der Waals surface area (Å²) in [6.07, 6.45) is 0.748. The lowest BCUT2D eigenvalue weighted by atomic mass is 9.97. The maximum atomic E-state index is 12.0. The third-order valence-electron chi connectivity index (χ3n) is 3.65. The molecule has 0 aliphatic rings. The fourth-order valence-corrected chi connectivity index (χ4v) is 2.29. The van der Waals surface area contributed by atoms with Crippen LogP contribution in [0.3, 0.4) is 0 Å². The average molecular weight is 342 g/mol. The zero-order valence-corrected chi connectivity index (χ0v) is 14.5. The van der Waals surface area contributed by atoms with E-state index >= 15 is 0 Å². The van der Waals surface area contributed by atoms with Crippen LogP contribution in [-0.2, 0) is 11.2 Å². The number of hydrogen-bond acceptors (Lipinski definition) is 5. The minimum Gasteiger partial charge on any atom is -0.457 e. The molecule has 0 aliphatic carbocycles. The second kappa shape index (κ2) is 7.17. The van der Waals surface area contributed by atoms with E-state index in [0.717, 1.165) is 5.56 Å². The van der Waals surface area contributed by atoms with E-state index in [0.29, 0.717) is 23.3 Å². The Bertz CT molecular complexity index is 737. The first-order valence-corrected chi connectivity index (χ1v) is 7.93. The van der Waals surface area contributed by atoms with Gasteiger partial charge in [-0.1, -0.05) is 12.1 Å². The molecule has 0 radical (unpaired) electrons. The summed E-state index contributed by atoms with van der Waals surface area (Å²) >= 11 is 0. The van der Waals surface area contributed by atoms with Crippen LogP contribution in [0.4, 0.5) is 0 Å². The smallest absolute Gasteiger partial charge is 0.193 e. The molecule has 0 saturated heterocycles. The number of ether oxygens (including phenoxy) is 1. The summed E-state index contributed by atoms with van der Waals surface area (Å²) < 4.78 is 5.70. The van der Waals surface area contributed by atoms with E-state index in [1.165, 1.54) is 20.8 Å². The molecule has 5 heteroatoms. The van der Waals surface area contributed by atoms with Crippen LogP contribution in [0.1, 0.15) is 36.7 Å². The Hall–Kier alpha value is -2.50. The highest BCUT2D eigenvalue weighted by atomic mass is 16.5. The van der Waals surface area contributed by atoms with E-state index in [2.05, 4.69) is 0 Å². The fourth-order valence-electron chi connectivity index (χ4n) is 2.29. The minimum absolute atomic E-state index is 0.227. The molecule has 0 amide bonds. The third kappa shape index (κ3) is 5.24. The van der Waals surface area contributed by atoms with Crippen LogP contribution in [-0.4, -0.2) is 33.5 Å². The number of carbonyl (C=O) groups excluding carboxylic acids is 2. The van der Waals surface area contributed by atoms with Crippen LogP contribution in [0.5, 0.6) is 11.5 Å². The number of carbonyl (C=O) groups is 2. The number of Topliss-reactive ketones (excluding diaryl/α,β-unsaturated/α-hetero) is 1. The van der Waals surface area contributed by atoms with Gasteiger partial charge >= 0.3 is 0 Å². The molecule has 0 aliphatic heterocycles. The molecule has 132 valence electrons. The van der Waals surface area contributed by atoms with E-state index in [1.807, 2.05) is 0 Å². The van der Waals surface area contributed by atoms with Crippen molar-refractivity contribution in [3.8, 4) is 11.5 Å². The number of ketones is 1. The first kappa shape index (κ1) is 18.8. The molecule has 25 heavy (non-hydrogen) atoms. The highest BCUT2D eigenvalue weighted by Crippen LogP contribution is 2.24. The molecule has 0 fully saturated rings. The summed E-state index contributed by atoms with van der Waals surface area (Å²) in [6, 6.07) is 13.6. The molecule has 0 saturated carbocycles. The topological polar surface area (TPSA) is 83.8 Å². The summed E-state index contributed by atoms with van der Waals surface area (Å²) in [7, 11) is 0. The summed E-state index contributed by atoms with van der Waals surface area (Å²) in [5.74, 6) is 0.793. The largest absolute Gasteiger partial charge is 0.457 e. The second-order valence-electron chi connectivity index (χ2n) is 6.81. The molecule has 5 nitrogen and oxygen atoms in total. The summed E-state index contributed by atoms with van der Waals surface area (Å²) in [5.41, 5.74) is -1.58. The molecule has 2 rings (SSSR count). The SMILES string of the molecule is CC(O)(C=O)Cc1ccc(Oc2ccc(C(=O)C(C)(C)O)cc2)cc1. The predicted octanol–water partition coefficient (Wildman–Crippen LogP) is 2.92. The number of aliphatic hydroxyl groups is 2. The Balaban J connectivity index is 2.05. The Morgan fingerprint density at radius 1 is 0.960 bits per heavy atom. The minimum atomic E-state index is -1.42. The van der Waals surface area contributed by atoms with E-state index in [-0.39, 0.29) is 12.2 Å². The van der Waals surface area contributed by atoms with Crippen molar-refractivity contribution in [1.82, 2.24) is 0 Å². The summed E-state index contributed by atoms with van der Waals surface area (Å²) in [4.78, 5) is 22.7. The fraction of sp³-hybridized carbons (Fsp3) is 0.300. The number of aldehydes is 1. The van der Waals surface area contributed by atoms with Crippen LogP contribution in [0.2, 0.25) is 0 Å². The zero-order valence-electron chi connectivity index (χ0n) is 14.5. The van der Waals surface area contributed by atoms with Crippen molar-refractivity contribution in [3.63, 3.8) is 0 Å². The lowest BCUT2D eigenvalue weighted by Gasteiger charge is -2.16. The molecule has 1 unspecified atom stereocenters. The maximum Gasteiger partial charge on any atom is 0.193 e. The normalized spacial score (nSPS) is 13.8. The van der Waals surface area contributed by atoms with Gasteiger partial charge in [-0.3, -0.25) is 4.79 Å². The number of hydrogen-bond donors (Lipinski definition) is 2. The molecule has 2 aromatic carbocycles. The molecule has 0 spiro atoms. The van der Waals surface area contributed by atoms with E-state index in [9.17, 15) is 19.8 Å². The lowest BCUT2D eigenvalue weighted by Crippen LogP contribution is -2.30. The quantitative estimate of drug-likeness (QED) is 0.597. The van der Waals surface area contributed by atoms with Crippen molar-refractivity contribution in [2.75, 3.05) is 0 Å². The molecule has 2 N–H and O–H groups in total. The van der Waals surface area contributed by atoms with Gasteiger partial charge in [0, 0.05) is 12.0 Å². The van der Waals surface area contributed by atoms with Crippen LogP contribution < -0.4 is 4.74 Å². The number of rotatable bonds is 7. The molecule has 1 atom stereocenters. The van der Waals surface area contributed by atoms with Crippen molar-refractivity contribution in [3.05, 3.63) is 59.7 Å². The van der Waals surface area contributed by atoms with Crippen molar-refractivity contribution < 1.29 is 24.5 Å².